The molecule has 0 aliphatic rings. The van der Waals surface area contributed by atoms with E-state index in [0.29, 0.717) is 10.8 Å². The number of aryl methyl sites for hydroxylation is 2. The largest absolute Gasteiger partial charge is 0.481 e. The Morgan fingerprint density at radius 2 is 2.36 bits per heavy atom. The maximum atomic E-state index is 10.3. The van der Waals surface area contributed by atoms with Crippen molar-refractivity contribution in [1.82, 2.24) is 9.78 Å². The van der Waals surface area contributed by atoms with Gasteiger partial charge in [-0.1, -0.05) is 11.6 Å². The Morgan fingerprint density at radius 1 is 1.71 bits per heavy atom. The molecule has 14 heavy (non-hydrogen) atoms. The second-order valence-corrected chi connectivity index (χ2v) is 4.22. The highest BCUT2D eigenvalue weighted by Gasteiger charge is 2.11. The fourth-order valence-electron chi connectivity index (χ4n) is 1.07. The minimum atomic E-state index is -0.815. The molecule has 0 aliphatic heterocycles. The Bertz CT molecular complexity index is 351. The number of carboxylic acids is 1. The summed E-state index contributed by atoms with van der Waals surface area (Å²) < 4.78 is 1.69. The van der Waals surface area contributed by atoms with E-state index >= 15 is 0 Å². The minimum Gasteiger partial charge on any atom is -0.481 e. The molecule has 4 nitrogen and oxygen atoms in total. The van der Waals surface area contributed by atoms with Crippen LogP contribution in [0.2, 0.25) is 5.02 Å². The third kappa shape index (κ3) is 2.65. The number of hydrogen-bond acceptors (Lipinski definition) is 3. The predicted molar refractivity (Wildman–Crippen MR) is 56.8 cm³/mol. The van der Waals surface area contributed by atoms with Crippen LogP contribution in [0.1, 0.15) is 11.4 Å². The number of halogens is 1. The number of hydrogen-bond donors (Lipinski definition) is 1. The molecule has 0 atom stereocenters. The third-order valence-electron chi connectivity index (χ3n) is 1.73. The molecule has 1 N–H and O–H groups in total. The molecule has 0 saturated carbocycles. The molecule has 0 bridgehead atoms. The summed E-state index contributed by atoms with van der Waals surface area (Å²) >= 11 is 7.30. The second-order valence-electron chi connectivity index (χ2n) is 2.86. The molecule has 0 saturated heterocycles. The SMILES string of the molecule is Cc1nn(C)c(CSCC(=O)O)c1Cl. The van der Waals surface area contributed by atoms with E-state index in [2.05, 4.69) is 5.10 Å². The van der Waals surface area contributed by atoms with Gasteiger partial charge in [0.25, 0.3) is 0 Å². The zero-order valence-corrected chi connectivity index (χ0v) is 9.52. The maximum absolute atomic E-state index is 10.3. The number of aromatic nitrogens is 2. The molecular weight excluding hydrogens is 224 g/mol. The van der Waals surface area contributed by atoms with E-state index in [-0.39, 0.29) is 5.75 Å². The van der Waals surface area contributed by atoms with Crippen molar-refractivity contribution in [1.29, 1.82) is 0 Å². The van der Waals surface area contributed by atoms with E-state index in [0.717, 1.165) is 11.4 Å². The van der Waals surface area contributed by atoms with Crippen LogP contribution >= 0.6 is 23.4 Å². The van der Waals surface area contributed by atoms with Crippen molar-refractivity contribution in [2.75, 3.05) is 5.75 Å². The lowest BCUT2D eigenvalue weighted by atomic mass is 10.4. The van der Waals surface area contributed by atoms with Gasteiger partial charge in [-0.2, -0.15) is 5.10 Å². The number of aliphatic carboxylic acids is 1. The summed E-state index contributed by atoms with van der Waals surface area (Å²) in [5, 5.41) is 13.2. The zero-order chi connectivity index (χ0) is 10.7. The lowest BCUT2D eigenvalue weighted by Gasteiger charge is -2.00. The molecule has 1 aromatic heterocycles. The van der Waals surface area contributed by atoms with Crippen LogP contribution in [0.5, 0.6) is 0 Å². The summed E-state index contributed by atoms with van der Waals surface area (Å²) in [5.41, 5.74) is 1.65. The summed E-state index contributed by atoms with van der Waals surface area (Å²) in [6, 6.07) is 0. The molecule has 6 heteroatoms. The highest BCUT2D eigenvalue weighted by molar-refractivity contribution is 7.99. The average Bonchev–Trinajstić information content (AvgIpc) is 2.31. The molecule has 0 amide bonds. The molecule has 1 heterocycles. The Balaban J connectivity index is 2.62. The van der Waals surface area contributed by atoms with Gasteiger partial charge in [-0.15, -0.1) is 11.8 Å². The van der Waals surface area contributed by atoms with Gasteiger partial charge < -0.3 is 5.11 Å². The first kappa shape index (κ1) is 11.4. The van der Waals surface area contributed by atoms with Gasteiger partial charge in [0.15, 0.2) is 0 Å². The van der Waals surface area contributed by atoms with Gasteiger partial charge >= 0.3 is 5.97 Å². The van der Waals surface area contributed by atoms with Crippen molar-refractivity contribution in [2.45, 2.75) is 12.7 Å². The van der Waals surface area contributed by atoms with Crippen molar-refractivity contribution in [3.8, 4) is 0 Å². The number of thioether (sulfide) groups is 1. The van der Waals surface area contributed by atoms with Gasteiger partial charge in [0.05, 0.1) is 22.2 Å². The molecular formula is C8H11ClN2O2S. The second kappa shape index (κ2) is 4.70. The fourth-order valence-corrected chi connectivity index (χ4v) is 2.18. The first-order chi connectivity index (χ1) is 6.52. The highest BCUT2D eigenvalue weighted by atomic mass is 35.5. The van der Waals surface area contributed by atoms with Gasteiger partial charge in [0.1, 0.15) is 0 Å². The topological polar surface area (TPSA) is 55.1 Å². The van der Waals surface area contributed by atoms with E-state index < -0.39 is 5.97 Å². The first-order valence-corrected chi connectivity index (χ1v) is 5.53. The molecule has 0 unspecified atom stereocenters. The van der Waals surface area contributed by atoms with Crippen LogP contribution < -0.4 is 0 Å². The van der Waals surface area contributed by atoms with Crippen LogP contribution in [0.4, 0.5) is 0 Å². The monoisotopic (exact) mass is 234 g/mol. The van der Waals surface area contributed by atoms with Crippen molar-refractivity contribution < 1.29 is 9.90 Å². The van der Waals surface area contributed by atoms with Gasteiger partial charge in [0.2, 0.25) is 0 Å². The van der Waals surface area contributed by atoms with Gasteiger partial charge in [-0.25, -0.2) is 0 Å². The lowest BCUT2D eigenvalue weighted by Crippen LogP contribution is -2.01. The minimum absolute atomic E-state index is 0.0839. The molecule has 78 valence electrons. The summed E-state index contributed by atoms with van der Waals surface area (Å²) in [6.45, 7) is 1.83. The normalized spacial score (nSPS) is 10.5. The van der Waals surface area contributed by atoms with Crippen LogP contribution in [0.25, 0.3) is 0 Å². The standard InChI is InChI=1S/C8H11ClN2O2S/c1-5-8(9)6(11(2)10-5)3-14-4-7(12)13/h3-4H2,1-2H3,(H,12,13). The Labute approximate surface area is 91.2 Å². The number of nitrogens with zero attached hydrogens (tertiary/aromatic N) is 2. The molecule has 0 fully saturated rings. The summed E-state index contributed by atoms with van der Waals surface area (Å²) in [7, 11) is 1.80. The van der Waals surface area contributed by atoms with Crippen LogP contribution in [0, 0.1) is 6.92 Å². The number of rotatable bonds is 4. The zero-order valence-electron chi connectivity index (χ0n) is 7.95. The van der Waals surface area contributed by atoms with Gasteiger partial charge in [-0.3, -0.25) is 9.48 Å². The van der Waals surface area contributed by atoms with E-state index in [9.17, 15) is 4.79 Å². The van der Waals surface area contributed by atoms with E-state index in [1.807, 2.05) is 6.92 Å². The van der Waals surface area contributed by atoms with Crippen molar-refractivity contribution in [3.05, 3.63) is 16.4 Å². The van der Waals surface area contributed by atoms with E-state index in [1.165, 1.54) is 11.8 Å². The summed E-state index contributed by atoms with van der Waals surface area (Å²) in [5.74, 6) is -0.159. The molecule has 0 aromatic carbocycles. The molecule has 1 aromatic rings. The molecule has 0 radical (unpaired) electrons. The van der Waals surface area contributed by atoms with Gasteiger partial charge in [0, 0.05) is 12.8 Å². The lowest BCUT2D eigenvalue weighted by molar-refractivity contribution is -0.133. The summed E-state index contributed by atoms with van der Waals surface area (Å²) in [6.07, 6.45) is 0. The number of carboxylic acid groups (broad SMARTS) is 1. The van der Waals surface area contributed by atoms with E-state index in [1.54, 1.807) is 11.7 Å². The Kier molecular flexibility index (Phi) is 3.83. The summed E-state index contributed by atoms with van der Waals surface area (Å²) in [4.78, 5) is 10.3. The fraction of sp³-hybridized carbons (Fsp3) is 0.500. The van der Waals surface area contributed by atoms with Crippen LogP contribution in [0.15, 0.2) is 0 Å². The average molecular weight is 235 g/mol. The van der Waals surface area contributed by atoms with E-state index in [4.69, 9.17) is 16.7 Å². The Hall–Kier alpha value is -0.680. The first-order valence-electron chi connectivity index (χ1n) is 4.00. The van der Waals surface area contributed by atoms with Crippen LogP contribution in [-0.4, -0.2) is 26.6 Å². The van der Waals surface area contributed by atoms with Crippen molar-refractivity contribution in [3.63, 3.8) is 0 Å². The Morgan fingerprint density at radius 3 is 2.79 bits per heavy atom. The molecule has 1 rings (SSSR count). The molecule has 0 spiro atoms. The predicted octanol–water partition coefficient (Wildman–Crippen LogP) is 1.70. The molecule has 0 aliphatic carbocycles. The smallest absolute Gasteiger partial charge is 0.313 e. The van der Waals surface area contributed by atoms with Gasteiger partial charge in [-0.05, 0) is 6.92 Å². The third-order valence-corrected chi connectivity index (χ3v) is 3.15. The highest BCUT2D eigenvalue weighted by Crippen LogP contribution is 2.23. The number of carbonyl (C=O) groups is 1. The van der Waals surface area contributed by atoms with Crippen LogP contribution in [0.3, 0.4) is 0 Å². The quantitative estimate of drug-likeness (QED) is 0.862. The van der Waals surface area contributed by atoms with Crippen molar-refractivity contribution >= 4 is 29.3 Å². The maximum Gasteiger partial charge on any atom is 0.313 e. The van der Waals surface area contributed by atoms with Crippen molar-refractivity contribution in [2.24, 2.45) is 7.05 Å². The van der Waals surface area contributed by atoms with Crippen LogP contribution in [-0.2, 0) is 17.6 Å².